The summed E-state index contributed by atoms with van der Waals surface area (Å²) in [4.78, 5) is 23.5. The van der Waals surface area contributed by atoms with Crippen LogP contribution in [0.2, 0.25) is 0 Å². The molecule has 0 radical (unpaired) electrons. The number of esters is 2. The molecule has 1 aliphatic rings. The molecule has 0 saturated carbocycles. The molecule has 1 aliphatic carbocycles. The van der Waals surface area contributed by atoms with E-state index in [9.17, 15) is 19.8 Å². The van der Waals surface area contributed by atoms with Crippen molar-refractivity contribution in [3.63, 3.8) is 0 Å². The van der Waals surface area contributed by atoms with Gasteiger partial charge in [-0.25, -0.2) is 4.79 Å². The van der Waals surface area contributed by atoms with E-state index in [0.29, 0.717) is 0 Å². The van der Waals surface area contributed by atoms with E-state index in [4.69, 9.17) is 4.74 Å². The standard InChI is InChI=1S/C20H34O6/c1-3-4-5-6-7-8-9-10-11-12-18(22)26-17-14-15(20(24)25-2)13-16(21)19(17)23/h14,16-17,19,21,23H,3-13H2,1-2H3/t16-,17-,19+/m1/s1. The van der Waals surface area contributed by atoms with Gasteiger partial charge in [-0.15, -0.1) is 0 Å². The Kier molecular flexibility index (Phi) is 11.2. The lowest BCUT2D eigenvalue weighted by Gasteiger charge is -2.29. The molecule has 0 aliphatic heterocycles. The molecule has 0 spiro atoms. The van der Waals surface area contributed by atoms with Crippen molar-refractivity contribution in [3.8, 4) is 0 Å². The molecule has 0 aromatic rings. The van der Waals surface area contributed by atoms with Crippen LogP contribution in [-0.4, -0.2) is 47.6 Å². The fourth-order valence-electron chi connectivity index (χ4n) is 3.11. The van der Waals surface area contributed by atoms with Gasteiger partial charge in [-0.3, -0.25) is 4.79 Å². The Morgan fingerprint density at radius 2 is 1.62 bits per heavy atom. The number of aliphatic hydroxyl groups is 2. The predicted molar refractivity (Wildman–Crippen MR) is 98.5 cm³/mol. The van der Waals surface area contributed by atoms with Gasteiger partial charge in [0.2, 0.25) is 0 Å². The topological polar surface area (TPSA) is 93.1 Å². The van der Waals surface area contributed by atoms with E-state index in [2.05, 4.69) is 11.7 Å². The van der Waals surface area contributed by atoms with Gasteiger partial charge in [0, 0.05) is 18.4 Å². The van der Waals surface area contributed by atoms with Crippen LogP contribution in [0.25, 0.3) is 0 Å². The van der Waals surface area contributed by atoms with Crippen molar-refractivity contribution < 1.29 is 29.3 Å². The minimum Gasteiger partial charge on any atom is -0.466 e. The van der Waals surface area contributed by atoms with Crippen LogP contribution in [-0.2, 0) is 19.1 Å². The molecule has 0 fully saturated rings. The molecule has 0 bridgehead atoms. The fraction of sp³-hybridized carbons (Fsp3) is 0.800. The molecule has 26 heavy (non-hydrogen) atoms. The number of hydrogen-bond donors (Lipinski definition) is 2. The summed E-state index contributed by atoms with van der Waals surface area (Å²) in [7, 11) is 1.24. The largest absolute Gasteiger partial charge is 0.466 e. The minimum atomic E-state index is -1.23. The molecule has 0 unspecified atom stereocenters. The number of methoxy groups -OCH3 is 1. The zero-order chi connectivity index (χ0) is 19.4. The fourth-order valence-corrected chi connectivity index (χ4v) is 3.11. The van der Waals surface area contributed by atoms with Gasteiger partial charge in [0.05, 0.1) is 13.2 Å². The second-order valence-electron chi connectivity index (χ2n) is 6.98. The van der Waals surface area contributed by atoms with Crippen molar-refractivity contribution in [2.45, 2.75) is 95.9 Å². The van der Waals surface area contributed by atoms with Crippen molar-refractivity contribution in [2.24, 2.45) is 0 Å². The Morgan fingerprint density at radius 1 is 1.04 bits per heavy atom. The number of unbranched alkanes of at least 4 members (excludes halogenated alkanes) is 8. The highest BCUT2D eigenvalue weighted by atomic mass is 16.6. The summed E-state index contributed by atoms with van der Waals surface area (Å²) in [5.74, 6) is -1.01. The van der Waals surface area contributed by atoms with E-state index in [1.54, 1.807) is 0 Å². The van der Waals surface area contributed by atoms with E-state index >= 15 is 0 Å². The van der Waals surface area contributed by atoms with E-state index in [0.717, 1.165) is 19.3 Å². The number of aliphatic hydroxyl groups excluding tert-OH is 2. The van der Waals surface area contributed by atoms with Gasteiger partial charge in [0.15, 0.2) is 0 Å². The summed E-state index contributed by atoms with van der Waals surface area (Å²) in [6, 6.07) is 0. The third kappa shape index (κ3) is 8.32. The van der Waals surface area contributed by atoms with Crippen molar-refractivity contribution in [1.29, 1.82) is 0 Å². The van der Waals surface area contributed by atoms with Crippen LogP contribution < -0.4 is 0 Å². The zero-order valence-corrected chi connectivity index (χ0v) is 16.1. The first-order valence-corrected chi connectivity index (χ1v) is 9.84. The molecule has 6 heteroatoms. The van der Waals surface area contributed by atoms with Gasteiger partial charge < -0.3 is 19.7 Å². The molecule has 0 aromatic carbocycles. The third-order valence-electron chi connectivity index (χ3n) is 4.72. The second-order valence-corrected chi connectivity index (χ2v) is 6.98. The quantitative estimate of drug-likeness (QED) is 0.405. The molecule has 0 heterocycles. The molecule has 6 nitrogen and oxygen atoms in total. The molecular formula is C20H34O6. The molecule has 3 atom stereocenters. The lowest BCUT2D eigenvalue weighted by Crippen LogP contribution is -2.43. The normalized spacial score (nSPS) is 22.6. The molecule has 0 saturated heterocycles. The van der Waals surface area contributed by atoms with E-state index in [-0.39, 0.29) is 18.4 Å². The Balaban J connectivity index is 2.25. The summed E-state index contributed by atoms with van der Waals surface area (Å²) in [5, 5.41) is 19.8. The van der Waals surface area contributed by atoms with Gasteiger partial charge in [-0.05, 0) is 12.5 Å². The van der Waals surface area contributed by atoms with Crippen LogP contribution in [0.5, 0.6) is 0 Å². The predicted octanol–water partition coefficient (Wildman–Crippen LogP) is 3.04. The van der Waals surface area contributed by atoms with E-state index in [1.165, 1.54) is 51.7 Å². The Labute approximate surface area is 156 Å². The summed E-state index contributed by atoms with van der Waals surface area (Å²) < 4.78 is 9.86. The first kappa shape index (κ1) is 22.6. The van der Waals surface area contributed by atoms with Crippen LogP contribution in [0.1, 0.15) is 77.6 Å². The maximum atomic E-state index is 12.0. The van der Waals surface area contributed by atoms with Crippen LogP contribution in [0.3, 0.4) is 0 Å². The highest BCUT2D eigenvalue weighted by Crippen LogP contribution is 2.23. The number of ether oxygens (including phenoxy) is 2. The molecule has 150 valence electrons. The smallest absolute Gasteiger partial charge is 0.333 e. The van der Waals surface area contributed by atoms with Crippen molar-refractivity contribution in [1.82, 2.24) is 0 Å². The van der Waals surface area contributed by atoms with Crippen LogP contribution in [0.4, 0.5) is 0 Å². The first-order valence-electron chi connectivity index (χ1n) is 9.84. The summed E-state index contributed by atoms with van der Waals surface area (Å²) >= 11 is 0. The zero-order valence-electron chi connectivity index (χ0n) is 16.1. The number of hydrogen-bond acceptors (Lipinski definition) is 6. The van der Waals surface area contributed by atoms with Gasteiger partial charge in [-0.1, -0.05) is 58.3 Å². The Bertz CT molecular complexity index is 459. The average molecular weight is 370 g/mol. The SMILES string of the molecule is CCCCCCCCCCCC(=O)O[C@@H]1C=C(C(=O)OC)C[C@@H](O)[C@@H]1O. The van der Waals surface area contributed by atoms with E-state index < -0.39 is 30.3 Å². The van der Waals surface area contributed by atoms with Gasteiger partial charge in [0.25, 0.3) is 0 Å². The minimum absolute atomic E-state index is 0.0137. The highest BCUT2D eigenvalue weighted by Gasteiger charge is 2.35. The molecule has 2 N–H and O–H groups in total. The van der Waals surface area contributed by atoms with Gasteiger partial charge in [-0.2, -0.15) is 0 Å². The van der Waals surface area contributed by atoms with Gasteiger partial charge >= 0.3 is 11.9 Å². The van der Waals surface area contributed by atoms with Crippen LogP contribution in [0.15, 0.2) is 11.6 Å². The number of carbonyl (C=O) groups excluding carboxylic acids is 2. The third-order valence-corrected chi connectivity index (χ3v) is 4.72. The molecule has 0 amide bonds. The molecule has 1 rings (SSSR count). The summed E-state index contributed by atoms with van der Waals surface area (Å²) in [6.45, 7) is 2.21. The lowest BCUT2D eigenvalue weighted by molar-refractivity contribution is -0.157. The van der Waals surface area contributed by atoms with E-state index in [1.807, 2.05) is 0 Å². The maximum absolute atomic E-state index is 12.0. The second kappa shape index (κ2) is 12.9. The van der Waals surface area contributed by atoms with Crippen molar-refractivity contribution >= 4 is 11.9 Å². The van der Waals surface area contributed by atoms with Gasteiger partial charge in [0.1, 0.15) is 12.2 Å². The van der Waals surface area contributed by atoms with Crippen LogP contribution >= 0.6 is 0 Å². The monoisotopic (exact) mass is 370 g/mol. The number of carbonyl (C=O) groups is 2. The first-order chi connectivity index (χ1) is 12.5. The van der Waals surface area contributed by atoms with Crippen molar-refractivity contribution in [3.05, 3.63) is 11.6 Å². The maximum Gasteiger partial charge on any atom is 0.333 e. The summed E-state index contributed by atoms with van der Waals surface area (Å²) in [6.07, 6.45) is 8.65. The van der Waals surface area contributed by atoms with Crippen molar-refractivity contribution in [2.75, 3.05) is 7.11 Å². The average Bonchev–Trinajstić information content (AvgIpc) is 2.63. The van der Waals surface area contributed by atoms with Crippen LogP contribution in [0, 0.1) is 0 Å². The summed E-state index contributed by atoms with van der Waals surface area (Å²) in [5.41, 5.74) is 0.214. The number of rotatable bonds is 12. The Hall–Kier alpha value is -1.40. The Morgan fingerprint density at radius 3 is 2.19 bits per heavy atom. The molecule has 0 aromatic heterocycles. The highest BCUT2D eigenvalue weighted by molar-refractivity contribution is 5.88. The molecular weight excluding hydrogens is 336 g/mol. The lowest BCUT2D eigenvalue weighted by atomic mass is 9.92.